The maximum absolute atomic E-state index is 5.81. The average molecular weight is 156 g/mol. The molecule has 1 atom stereocenters. The van der Waals surface area contributed by atoms with Crippen LogP contribution < -0.4 is 0 Å². The maximum atomic E-state index is 5.81. The molecular weight excluding hydrogens is 146 g/mol. The Morgan fingerprint density at radius 3 is 2.70 bits per heavy atom. The van der Waals surface area contributed by atoms with Crippen molar-refractivity contribution in [1.82, 2.24) is 4.98 Å². The van der Waals surface area contributed by atoms with Crippen molar-refractivity contribution in [3.63, 3.8) is 0 Å². The van der Waals surface area contributed by atoms with Crippen molar-refractivity contribution in [2.75, 3.05) is 0 Å². The van der Waals surface area contributed by atoms with Gasteiger partial charge in [-0.2, -0.15) is 0 Å². The van der Waals surface area contributed by atoms with Gasteiger partial charge in [0.2, 0.25) is 0 Å². The van der Waals surface area contributed by atoms with E-state index in [0.29, 0.717) is 0 Å². The predicted octanol–water partition coefficient (Wildman–Crippen LogP) is 2.69. The Bertz CT molecular complexity index is 220. The molecule has 0 aromatic carbocycles. The van der Waals surface area contributed by atoms with Gasteiger partial charge in [0.15, 0.2) is 0 Å². The highest BCUT2D eigenvalue weighted by Gasteiger charge is 2.00. The lowest BCUT2D eigenvalue weighted by atomic mass is 10.2. The Morgan fingerprint density at radius 2 is 2.30 bits per heavy atom. The fourth-order valence-electron chi connectivity index (χ4n) is 0.777. The average Bonchev–Trinajstić information content (AvgIpc) is 1.88. The molecule has 1 nitrogen and oxygen atoms in total. The van der Waals surface area contributed by atoms with Crippen molar-refractivity contribution in [2.45, 2.75) is 19.2 Å². The number of nitrogens with zero attached hydrogens (tertiary/aromatic N) is 1. The van der Waals surface area contributed by atoms with Crippen molar-refractivity contribution in [2.24, 2.45) is 0 Å². The first kappa shape index (κ1) is 7.55. The number of rotatable bonds is 1. The number of aryl methyl sites for hydroxylation is 1. The molecule has 0 unspecified atom stereocenters. The third-order valence-electron chi connectivity index (χ3n) is 1.34. The van der Waals surface area contributed by atoms with Crippen LogP contribution >= 0.6 is 11.6 Å². The van der Waals surface area contributed by atoms with Crippen LogP contribution in [-0.2, 0) is 0 Å². The van der Waals surface area contributed by atoms with Crippen LogP contribution in [0.2, 0.25) is 0 Å². The largest absolute Gasteiger partial charge is 0.260 e. The smallest absolute Gasteiger partial charge is 0.0729 e. The summed E-state index contributed by atoms with van der Waals surface area (Å²) in [6.45, 7) is 3.95. The van der Waals surface area contributed by atoms with Gasteiger partial charge in [-0.05, 0) is 31.5 Å². The highest BCUT2D eigenvalue weighted by atomic mass is 35.5. The number of halogens is 1. The molecule has 1 rings (SSSR count). The fourth-order valence-corrected chi connectivity index (χ4v) is 0.896. The zero-order valence-electron chi connectivity index (χ0n) is 6.13. The van der Waals surface area contributed by atoms with Crippen LogP contribution in [0.3, 0.4) is 0 Å². The summed E-state index contributed by atoms with van der Waals surface area (Å²) < 4.78 is 0. The van der Waals surface area contributed by atoms with Gasteiger partial charge in [0.05, 0.1) is 11.1 Å². The number of pyridine rings is 1. The zero-order chi connectivity index (χ0) is 7.56. The Morgan fingerprint density at radius 1 is 1.60 bits per heavy atom. The molecule has 0 spiro atoms. The van der Waals surface area contributed by atoms with E-state index in [1.165, 1.54) is 5.56 Å². The molecule has 2 heteroatoms. The Kier molecular flexibility index (Phi) is 2.28. The van der Waals surface area contributed by atoms with E-state index in [1.54, 1.807) is 6.20 Å². The van der Waals surface area contributed by atoms with Gasteiger partial charge in [0.25, 0.3) is 0 Å². The lowest BCUT2D eigenvalue weighted by molar-refractivity contribution is 0.989. The molecule has 0 bridgehead atoms. The molecule has 0 saturated heterocycles. The van der Waals surface area contributed by atoms with Gasteiger partial charge in [-0.1, -0.05) is 0 Å². The lowest BCUT2D eigenvalue weighted by Gasteiger charge is -2.01. The van der Waals surface area contributed by atoms with Gasteiger partial charge in [0, 0.05) is 6.20 Å². The molecule has 0 aliphatic carbocycles. The van der Waals surface area contributed by atoms with Crippen LogP contribution in [0, 0.1) is 6.92 Å². The molecule has 10 heavy (non-hydrogen) atoms. The van der Waals surface area contributed by atoms with E-state index in [0.717, 1.165) is 5.69 Å². The molecule has 0 N–H and O–H groups in total. The fraction of sp³-hybridized carbons (Fsp3) is 0.375. The monoisotopic (exact) mass is 155 g/mol. The number of hydrogen-bond donors (Lipinski definition) is 0. The first-order chi connectivity index (χ1) is 4.70. The SMILES string of the molecule is Cc1ccnc([C@@H](C)Cl)c1. The van der Waals surface area contributed by atoms with Crippen molar-refractivity contribution in [1.29, 1.82) is 0 Å². The Labute approximate surface area is 66.0 Å². The third kappa shape index (κ3) is 1.71. The van der Waals surface area contributed by atoms with Crippen LogP contribution in [0.15, 0.2) is 18.3 Å². The molecule has 1 heterocycles. The second-order valence-corrected chi connectivity index (χ2v) is 3.03. The number of alkyl halides is 1. The summed E-state index contributed by atoms with van der Waals surface area (Å²) in [5.41, 5.74) is 2.15. The summed E-state index contributed by atoms with van der Waals surface area (Å²) in [5.74, 6) is 0. The molecule has 0 saturated carbocycles. The van der Waals surface area contributed by atoms with Crippen LogP contribution in [0.25, 0.3) is 0 Å². The van der Waals surface area contributed by atoms with Gasteiger partial charge < -0.3 is 0 Å². The highest BCUT2D eigenvalue weighted by Crippen LogP contribution is 2.16. The van der Waals surface area contributed by atoms with Crippen molar-refractivity contribution in [3.8, 4) is 0 Å². The van der Waals surface area contributed by atoms with Crippen LogP contribution in [0.5, 0.6) is 0 Å². The zero-order valence-corrected chi connectivity index (χ0v) is 6.89. The minimum Gasteiger partial charge on any atom is -0.260 e. The van der Waals surface area contributed by atoms with Crippen LogP contribution in [-0.4, -0.2) is 4.98 Å². The molecule has 0 fully saturated rings. The summed E-state index contributed by atoms with van der Waals surface area (Å²) in [7, 11) is 0. The van der Waals surface area contributed by atoms with Gasteiger partial charge in [-0.15, -0.1) is 11.6 Å². The summed E-state index contributed by atoms with van der Waals surface area (Å²) in [6, 6.07) is 3.96. The molecule has 54 valence electrons. The van der Waals surface area contributed by atoms with Crippen molar-refractivity contribution in [3.05, 3.63) is 29.6 Å². The summed E-state index contributed by atoms with van der Waals surface area (Å²) in [6.07, 6.45) is 1.78. The topological polar surface area (TPSA) is 12.9 Å². The normalized spacial score (nSPS) is 13.1. The second kappa shape index (κ2) is 3.02. The van der Waals surface area contributed by atoms with Crippen molar-refractivity contribution < 1.29 is 0 Å². The van der Waals surface area contributed by atoms with Crippen LogP contribution in [0.4, 0.5) is 0 Å². The molecule has 0 radical (unpaired) electrons. The summed E-state index contributed by atoms with van der Waals surface area (Å²) in [5, 5.41) is 0.0138. The molecular formula is C8H10ClN. The first-order valence-electron chi connectivity index (χ1n) is 3.27. The van der Waals surface area contributed by atoms with Gasteiger partial charge >= 0.3 is 0 Å². The van der Waals surface area contributed by atoms with E-state index >= 15 is 0 Å². The summed E-state index contributed by atoms with van der Waals surface area (Å²) in [4.78, 5) is 4.11. The van der Waals surface area contributed by atoms with E-state index in [9.17, 15) is 0 Å². The second-order valence-electron chi connectivity index (χ2n) is 2.37. The van der Waals surface area contributed by atoms with E-state index in [-0.39, 0.29) is 5.38 Å². The highest BCUT2D eigenvalue weighted by molar-refractivity contribution is 6.20. The molecule has 1 aromatic heterocycles. The van der Waals surface area contributed by atoms with Crippen LogP contribution in [0.1, 0.15) is 23.6 Å². The van der Waals surface area contributed by atoms with E-state index in [2.05, 4.69) is 4.98 Å². The third-order valence-corrected chi connectivity index (χ3v) is 1.57. The first-order valence-corrected chi connectivity index (χ1v) is 3.70. The molecule has 0 aliphatic heterocycles. The Hall–Kier alpha value is -0.560. The standard InChI is InChI=1S/C8H10ClN/c1-6-3-4-10-8(5-6)7(2)9/h3-5,7H,1-2H3/t7-/m1/s1. The number of aromatic nitrogens is 1. The summed E-state index contributed by atoms with van der Waals surface area (Å²) >= 11 is 5.81. The van der Waals surface area contributed by atoms with Crippen molar-refractivity contribution >= 4 is 11.6 Å². The predicted molar refractivity (Wildman–Crippen MR) is 43.2 cm³/mol. The lowest BCUT2D eigenvalue weighted by Crippen LogP contribution is -1.89. The maximum Gasteiger partial charge on any atom is 0.0729 e. The minimum atomic E-state index is 0.0138. The Balaban J connectivity index is 2.96. The van der Waals surface area contributed by atoms with E-state index in [4.69, 9.17) is 11.6 Å². The quantitative estimate of drug-likeness (QED) is 0.569. The number of hydrogen-bond acceptors (Lipinski definition) is 1. The minimum absolute atomic E-state index is 0.0138. The molecule has 1 aromatic rings. The van der Waals surface area contributed by atoms with E-state index in [1.807, 2.05) is 26.0 Å². The molecule has 0 amide bonds. The van der Waals surface area contributed by atoms with Gasteiger partial charge in [-0.3, -0.25) is 4.98 Å². The molecule has 0 aliphatic rings. The van der Waals surface area contributed by atoms with Gasteiger partial charge in [-0.25, -0.2) is 0 Å². The van der Waals surface area contributed by atoms with E-state index < -0.39 is 0 Å². The van der Waals surface area contributed by atoms with Gasteiger partial charge in [0.1, 0.15) is 0 Å².